The summed E-state index contributed by atoms with van der Waals surface area (Å²) in [5.74, 6) is 2.00. The van der Waals surface area contributed by atoms with Crippen molar-refractivity contribution in [2.24, 2.45) is 0 Å². The van der Waals surface area contributed by atoms with Gasteiger partial charge < -0.3 is 19.5 Å². The Hall–Kier alpha value is -3.21. The summed E-state index contributed by atoms with van der Waals surface area (Å²) >= 11 is 0. The van der Waals surface area contributed by atoms with E-state index >= 15 is 0 Å². The standard InChI is InChI=1S/C25H27NO4/c1-16(29-20-10-9-17-7-5-6-8-18(17)13-20)24(27)26-22-15-25(2,3)30-23-12-11-19(28-4)14-21(22)23/h5-14,16,22H,15H2,1-4H3,(H,26,27)/t16-,22-/m1/s1. The highest BCUT2D eigenvalue weighted by Crippen LogP contribution is 2.41. The highest BCUT2D eigenvalue weighted by molar-refractivity contribution is 5.84. The minimum atomic E-state index is -0.633. The smallest absolute Gasteiger partial charge is 0.261 e. The Balaban J connectivity index is 1.51. The number of hydrogen-bond donors (Lipinski definition) is 1. The first-order valence-electron chi connectivity index (χ1n) is 10.2. The van der Waals surface area contributed by atoms with Gasteiger partial charge in [-0.1, -0.05) is 30.3 Å². The Morgan fingerprint density at radius 3 is 2.57 bits per heavy atom. The van der Waals surface area contributed by atoms with E-state index in [2.05, 4.69) is 5.32 Å². The van der Waals surface area contributed by atoms with Gasteiger partial charge in [0.1, 0.15) is 22.8 Å². The summed E-state index contributed by atoms with van der Waals surface area (Å²) in [7, 11) is 1.63. The molecule has 2 atom stereocenters. The van der Waals surface area contributed by atoms with Crippen LogP contribution in [0.25, 0.3) is 10.8 Å². The molecule has 3 aromatic rings. The predicted molar refractivity (Wildman–Crippen MR) is 117 cm³/mol. The highest BCUT2D eigenvalue weighted by Gasteiger charge is 2.35. The van der Waals surface area contributed by atoms with Gasteiger partial charge >= 0.3 is 0 Å². The summed E-state index contributed by atoms with van der Waals surface area (Å²) in [6, 6.07) is 19.4. The van der Waals surface area contributed by atoms with Crippen LogP contribution < -0.4 is 19.5 Å². The molecule has 0 fully saturated rings. The molecule has 0 unspecified atom stereocenters. The first-order valence-corrected chi connectivity index (χ1v) is 10.2. The molecule has 4 rings (SSSR count). The van der Waals surface area contributed by atoms with Crippen LogP contribution in [-0.4, -0.2) is 24.7 Å². The summed E-state index contributed by atoms with van der Waals surface area (Å²) in [6.07, 6.45) is 0.0212. The van der Waals surface area contributed by atoms with E-state index in [1.807, 2.05) is 74.5 Å². The predicted octanol–water partition coefficient (Wildman–Crippen LogP) is 5.03. The fourth-order valence-electron chi connectivity index (χ4n) is 3.88. The van der Waals surface area contributed by atoms with Crippen molar-refractivity contribution in [3.63, 3.8) is 0 Å². The zero-order valence-corrected chi connectivity index (χ0v) is 17.8. The average Bonchev–Trinajstić information content (AvgIpc) is 2.72. The second-order valence-electron chi connectivity index (χ2n) is 8.30. The molecule has 0 bridgehead atoms. The van der Waals surface area contributed by atoms with Crippen LogP contribution in [0.4, 0.5) is 0 Å². The molecule has 1 aliphatic rings. The number of carbonyl (C=O) groups excluding carboxylic acids is 1. The zero-order valence-electron chi connectivity index (χ0n) is 17.8. The van der Waals surface area contributed by atoms with E-state index in [0.29, 0.717) is 12.2 Å². The van der Waals surface area contributed by atoms with Gasteiger partial charge in [-0.25, -0.2) is 0 Å². The van der Waals surface area contributed by atoms with Gasteiger partial charge in [0.2, 0.25) is 0 Å². The van der Waals surface area contributed by atoms with E-state index in [1.165, 1.54) is 0 Å². The molecule has 0 spiro atoms. The fraction of sp³-hybridized carbons (Fsp3) is 0.320. The number of amides is 1. The highest BCUT2D eigenvalue weighted by atomic mass is 16.5. The van der Waals surface area contributed by atoms with Gasteiger partial charge in [-0.15, -0.1) is 0 Å². The van der Waals surface area contributed by atoms with E-state index < -0.39 is 6.10 Å². The van der Waals surface area contributed by atoms with E-state index in [4.69, 9.17) is 14.2 Å². The third-order valence-corrected chi connectivity index (χ3v) is 5.39. The van der Waals surface area contributed by atoms with Crippen molar-refractivity contribution >= 4 is 16.7 Å². The third-order valence-electron chi connectivity index (χ3n) is 5.39. The van der Waals surface area contributed by atoms with Crippen molar-refractivity contribution < 1.29 is 19.0 Å². The van der Waals surface area contributed by atoms with Crippen molar-refractivity contribution in [1.82, 2.24) is 5.32 Å². The summed E-state index contributed by atoms with van der Waals surface area (Å²) in [5.41, 5.74) is 0.530. The van der Waals surface area contributed by atoms with Crippen LogP contribution in [0.3, 0.4) is 0 Å². The Bertz CT molecular complexity index is 1080. The van der Waals surface area contributed by atoms with Gasteiger partial charge in [-0.2, -0.15) is 0 Å². The molecule has 156 valence electrons. The number of ether oxygens (including phenoxy) is 3. The molecule has 1 N–H and O–H groups in total. The molecule has 5 heteroatoms. The lowest BCUT2D eigenvalue weighted by Gasteiger charge is -2.38. The number of nitrogens with one attached hydrogen (secondary N) is 1. The molecule has 3 aromatic carbocycles. The number of carbonyl (C=O) groups is 1. The number of benzene rings is 3. The van der Waals surface area contributed by atoms with Gasteiger partial charge in [0, 0.05) is 12.0 Å². The van der Waals surface area contributed by atoms with Crippen LogP contribution >= 0.6 is 0 Å². The Morgan fingerprint density at radius 1 is 1.07 bits per heavy atom. The Labute approximate surface area is 177 Å². The summed E-state index contributed by atoms with van der Waals surface area (Å²) < 4.78 is 17.4. The van der Waals surface area contributed by atoms with E-state index in [9.17, 15) is 4.79 Å². The SMILES string of the molecule is COc1ccc2c(c1)[C@H](NC(=O)[C@@H](C)Oc1ccc3ccccc3c1)CC(C)(C)O2. The zero-order chi connectivity index (χ0) is 21.3. The first kappa shape index (κ1) is 20.1. The summed E-state index contributed by atoms with van der Waals surface area (Å²) in [6.45, 7) is 5.81. The Kier molecular flexibility index (Phi) is 5.29. The normalized spacial score (nSPS) is 18.1. The van der Waals surface area contributed by atoms with Crippen molar-refractivity contribution in [2.45, 2.75) is 44.9 Å². The van der Waals surface area contributed by atoms with E-state index in [1.54, 1.807) is 14.0 Å². The van der Waals surface area contributed by atoms with Crippen molar-refractivity contribution in [1.29, 1.82) is 0 Å². The maximum atomic E-state index is 12.9. The minimum absolute atomic E-state index is 0.167. The van der Waals surface area contributed by atoms with Gasteiger partial charge in [-0.05, 0) is 61.9 Å². The lowest BCUT2D eigenvalue weighted by molar-refractivity contribution is -0.128. The van der Waals surface area contributed by atoms with E-state index in [-0.39, 0.29) is 17.6 Å². The minimum Gasteiger partial charge on any atom is -0.497 e. The molecule has 5 nitrogen and oxygen atoms in total. The van der Waals surface area contributed by atoms with Crippen molar-refractivity contribution in [3.05, 3.63) is 66.2 Å². The van der Waals surface area contributed by atoms with Crippen LogP contribution in [-0.2, 0) is 4.79 Å². The molecule has 0 aromatic heterocycles. The average molecular weight is 405 g/mol. The number of hydrogen-bond acceptors (Lipinski definition) is 4. The largest absolute Gasteiger partial charge is 0.497 e. The molecule has 0 radical (unpaired) electrons. The molecular formula is C25H27NO4. The van der Waals surface area contributed by atoms with Gasteiger partial charge in [0.25, 0.3) is 5.91 Å². The number of methoxy groups -OCH3 is 1. The molecule has 1 heterocycles. The lowest BCUT2D eigenvalue weighted by Crippen LogP contribution is -2.44. The van der Waals surface area contributed by atoms with Gasteiger partial charge in [0.15, 0.2) is 6.10 Å². The maximum Gasteiger partial charge on any atom is 0.261 e. The third kappa shape index (κ3) is 4.20. The fourth-order valence-corrected chi connectivity index (χ4v) is 3.88. The second-order valence-corrected chi connectivity index (χ2v) is 8.30. The van der Waals surface area contributed by atoms with Crippen molar-refractivity contribution in [2.75, 3.05) is 7.11 Å². The first-order chi connectivity index (χ1) is 14.3. The van der Waals surface area contributed by atoms with Crippen LogP contribution in [0.2, 0.25) is 0 Å². The monoisotopic (exact) mass is 405 g/mol. The van der Waals surface area contributed by atoms with E-state index in [0.717, 1.165) is 27.8 Å². The molecule has 1 aliphatic heterocycles. The molecule has 0 aliphatic carbocycles. The lowest BCUT2D eigenvalue weighted by atomic mass is 9.89. The number of fused-ring (bicyclic) bond motifs is 2. The molecule has 1 amide bonds. The van der Waals surface area contributed by atoms with Crippen LogP contribution in [0, 0.1) is 0 Å². The summed E-state index contributed by atoms with van der Waals surface area (Å²) in [5, 5.41) is 5.35. The quantitative estimate of drug-likeness (QED) is 0.647. The van der Waals surface area contributed by atoms with Crippen molar-refractivity contribution in [3.8, 4) is 17.2 Å². The summed E-state index contributed by atoms with van der Waals surface area (Å²) in [4.78, 5) is 12.9. The maximum absolute atomic E-state index is 12.9. The molecule has 0 saturated carbocycles. The van der Waals surface area contributed by atoms with Gasteiger partial charge in [-0.3, -0.25) is 4.79 Å². The molecule has 0 saturated heterocycles. The molecular weight excluding hydrogens is 378 g/mol. The van der Waals surface area contributed by atoms with Gasteiger partial charge in [0.05, 0.1) is 13.2 Å². The van der Waals surface area contributed by atoms with Crippen LogP contribution in [0.1, 0.15) is 38.8 Å². The van der Waals surface area contributed by atoms with Crippen LogP contribution in [0.15, 0.2) is 60.7 Å². The van der Waals surface area contributed by atoms with Crippen LogP contribution in [0.5, 0.6) is 17.2 Å². The number of rotatable bonds is 5. The topological polar surface area (TPSA) is 56.8 Å². The second kappa shape index (κ2) is 7.90. The Morgan fingerprint density at radius 2 is 1.80 bits per heavy atom. The molecule has 30 heavy (non-hydrogen) atoms.